The first kappa shape index (κ1) is 9.98. The van der Waals surface area contributed by atoms with Gasteiger partial charge in [-0.15, -0.1) is 0 Å². The van der Waals surface area contributed by atoms with E-state index in [1.54, 1.807) is 14.2 Å². The second kappa shape index (κ2) is 3.90. The number of methoxy groups -OCH3 is 2. The SMILES string of the molecule is COC1(OC)Cc2ccccc2SO1. The average molecular weight is 212 g/mol. The number of rotatable bonds is 2. The topological polar surface area (TPSA) is 27.7 Å². The van der Waals surface area contributed by atoms with E-state index in [-0.39, 0.29) is 0 Å². The van der Waals surface area contributed by atoms with Crippen molar-refractivity contribution in [2.24, 2.45) is 0 Å². The molecule has 0 unspecified atom stereocenters. The van der Waals surface area contributed by atoms with Gasteiger partial charge in [0.25, 0.3) is 5.97 Å². The molecular weight excluding hydrogens is 200 g/mol. The predicted octanol–water partition coefficient (Wildman–Crippen LogP) is 2.21. The van der Waals surface area contributed by atoms with Crippen LogP contribution in [0.3, 0.4) is 0 Å². The molecule has 0 amide bonds. The van der Waals surface area contributed by atoms with E-state index in [0.29, 0.717) is 6.42 Å². The van der Waals surface area contributed by atoms with Gasteiger partial charge in [0.05, 0.1) is 6.42 Å². The zero-order valence-corrected chi connectivity index (χ0v) is 8.97. The quantitative estimate of drug-likeness (QED) is 0.555. The van der Waals surface area contributed by atoms with Crippen LogP contribution in [-0.2, 0) is 20.1 Å². The van der Waals surface area contributed by atoms with Crippen LogP contribution in [0.1, 0.15) is 5.56 Å². The third-order valence-corrected chi connectivity index (χ3v) is 3.18. The Morgan fingerprint density at radius 1 is 1.29 bits per heavy atom. The van der Waals surface area contributed by atoms with Crippen LogP contribution in [0.2, 0.25) is 0 Å². The molecule has 3 nitrogen and oxygen atoms in total. The number of hydrogen-bond donors (Lipinski definition) is 0. The van der Waals surface area contributed by atoms with Gasteiger partial charge in [0.1, 0.15) is 0 Å². The molecule has 1 heterocycles. The number of fused-ring (bicyclic) bond motifs is 1. The Kier molecular flexibility index (Phi) is 2.78. The first-order valence-electron chi connectivity index (χ1n) is 4.33. The Morgan fingerprint density at radius 3 is 2.71 bits per heavy atom. The summed E-state index contributed by atoms with van der Waals surface area (Å²) >= 11 is 1.29. The van der Waals surface area contributed by atoms with Crippen molar-refractivity contribution < 1.29 is 13.7 Å². The molecule has 2 rings (SSSR count). The number of ether oxygens (including phenoxy) is 2. The van der Waals surface area contributed by atoms with Gasteiger partial charge in [0.15, 0.2) is 0 Å². The first-order valence-corrected chi connectivity index (χ1v) is 5.08. The van der Waals surface area contributed by atoms with Crippen LogP contribution in [0.15, 0.2) is 29.2 Å². The molecule has 4 heteroatoms. The van der Waals surface area contributed by atoms with Gasteiger partial charge in [-0.05, 0) is 11.6 Å². The summed E-state index contributed by atoms with van der Waals surface area (Å²) < 4.78 is 15.9. The summed E-state index contributed by atoms with van der Waals surface area (Å²) in [7, 11) is 3.16. The van der Waals surface area contributed by atoms with Crippen molar-refractivity contribution in [2.45, 2.75) is 17.3 Å². The highest BCUT2D eigenvalue weighted by molar-refractivity contribution is 7.94. The molecule has 0 radical (unpaired) electrons. The normalized spacial score (nSPS) is 19.0. The van der Waals surface area contributed by atoms with E-state index in [2.05, 4.69) is 6.07 Å². The highest BCUT2D eigenvalue weighted by Gasteiger charge is 2.37. The first-order chi connectivity index (χ1) is 6.79. The molecule has 1 aromatic carbocycles. The average Bonchev–Trinajstić information content (AvgIpc) is 2.28. The van der Waals surface area contributed by atoms with Gasteiger partial charge in [-0.3, -0.25) is 4.18 Å². The van der Waals surface area contributed by atoms with Gasteiger partial charge in [-0.25, -0.2) is 0 Å². The molecule has 76 valence electrons. The minimum Gasteiger partial charge on any atom is -0.330 e. The van der Waals surface area contributed by atoms with Crippen LogP contribution in [0, 0.1) is 0 Å². The highest BCUT2D eigenvalue weighted by Crippen LogP contribution is 2.38. The van der Waals surface area contributed by atoms with Gasteiger partial charge < -0.3 is 9.47 Å². The number of hydrogen-bond acceptors (Lipinski definition) is 4. The van der Waals surface area contributed by atoms with Crippen LogP contribution in [0.5, 0.6) is 0 Å². The third kappa shape index (κ3) is 1.66. The monoisotopic (exact) mass is 212 g/mol. The summed E-state index contributed by atoms with van der Waals surface area (Å²) in [4.78, 5) is 1.12. The fourth-order valence-corrected chi connectivity index (χ4v) is 2.19. The molecule has 0 fully saturated rings. The van der Waals surface area contributed by atoms with Crippen LogP contribution in [-0.4, -0.2) is 20.2 Å². The largest absolute Gasteiger partial charge is 0.330 e. The molecular formula is C10H12O3S. The minimum absolute atomic E-state index is 0.614. The Labute approximate surface area is 87.6 Å². The molecule has 0 atom stereocenters. The van der Waals surface area contributed by atoms with Crippen molar-refractivity contribution in [3.63, 3.8) is 0 Å². The van der Waals surface area contributed by atoms with E-state index in [1.165, 1.54) is 17.6 Å². The van der Waals surface area contributed by atoms with Crippen LogP contribution in [0.25, 0.3) is 0 Å². The van der Waals surface area contributed by atoms with Gasteiger partial charge >= 0.3 is 0 Å². The molecule has 0 saturated heterocycles. The van der Waals surface area contributed by atoms with Crippen LogP contribution in [0.4, 0.5) is 0 Å². The van der Waals surface area contributed by atoms with Crippen LogP contribution >= 0.6 is 12.0 Å². The zero-order valence-electron chi connectivity index (χ0n) is 8.15. The lowest BCUT2D eigenvalue weighted by atomic mass is 10.1. The summed E-state index contributed by atoms with van der Waals surface area (Å²) in [5.41, 5.74) is 1.19. The van der Waals surface area contributed by atoms with E-state index in [1.807, 2.05) is 18.2 Å². The molecule has 0 aliphatic carbocycles. The summed E-state index contributed by atoms with van der Waals surface area (Å²) in [6.45, 7) is 0. The Hall–Kier alpha value is -0.550. The van der Waals surface area contributed by atoms with Crippen molar-refractivity contribution in [3.8, 4) is 0 Å². The molecule has 0 N–H and O–H groups in total. The number of benzene rings is 1. The van der Waals surface area contributed by atoms with Gasteiger partial charge in [-0.1, -0.05) is 18.2 Å². The fourth-order valence-electron chi connectivity index (χ4n) is 1.40. The summed E-state index contributed by atoms with van der Waals surface area (Å²) in [5, 5.41) is 0. The van der Waals surface area contributed by atoms with Gasteiger partial charge in [0.2, 0.25) is 0 Å². The molecule has 1 aliphatic rings. The smallest absolute Gasteiger partial charge is 0.297 e. The summed E-state index contributed by atoms with van der Waals surface area (Å²) in [5.74, 6) is -0.932. The zero-order chi connectivity index (χ0) is 10.0. The van der Waals surface area contributed by atoms with E-state index in [9.17, 15) is 0 Å². The van der Waals surface area contributed by atoms with Gasteiger partial charge in [-0.2, -0.15) is 0 Å². The maximum absolute atomic E-state index is 5.46. The molecule has 1 aliphatic heterocycles. The van der Waals surface area contributed by atoms with Crippen LogP contribution < -0.4 is 0 Å². The molecule has 0 aromatic heterocycles. The maximum Gasteiger partial charge on any atom is 0.297 e. The van der Waals surface area contributed by atoms with E-state index in [4.69, 9.17) is 13.7 Å². The summed E-state index contributed by atoms with van der Waals surface area (Å²) in [6, 6.07) is 8.06. The van der Waals surface area contributed by atoms with Crippen molar-refractivity contribution in [3.05, 3.63) is 29.8 Å². The molecule has 14 heavy (non-hydrogen) atoms. The Balaban J connectivity index is 2.28. The highest BCUT2D eigenvalue weighted by atomic mass is 32.2. The Morgan fingerprint density at radius 2 is 2.00 bits per heavy atom. The van der Waals surface area contributed by atoms with E-state index in [0.717, 1.165) is 4.90 Å². The Bertz CT molecular complexity index is 323. The second-order valence-electron chi connectivity index (χ2n) is 3.04. The second-order valence-corrected chi connectivity index (χ2v) is 3.82. The fraction of sp³-hybridized carbons (Fsp3) is 0.400. The maximum atomic E-state index is 5.46. The standard InChI is InChI=1S/C10H12O3S/c1-11-10(12-2)7-8-5-3-4-6-9(8)14-13-10/h3-6H,7H2,1-2H3. The lowest BCUT2D eigenvalue weighted by Crippen LogP contribution is -2.39. The lowest BCUT2D eigenvalue weighted by molar-refractivity contribution is -0.317. The van der Waals surface area contributed by atoms with E-state index < -0.39 is 5.97 Å². The lowest BCUT2D eigenvalue weighted by Gasteiger charge is -2.33. The van der Waals surface area contributed by atoms with Crippen molar-refractivity contribution in [1.29, 1.82) is 0 Å². The predicted molar refractivity (Wildman–Crippen MR) is 53.8 cm³/mol. The van der Waals surface area contributed by atoms with Crippen molar-refractivity contribution in [1.82, 2.24) is 0 Å². The third-order valence-electron chi connectivity index (χ3n) is 2.26. The van der Waals surface area contributed by atoms with E-state index >= 15 is 0 Å². The molecule has 1 aromatic rings. The molecule has 0 bridgehead atoms. The summed E-state index contributed by atoms with van der Waals surface area (Å²) in [6.07, 6.45) is 0.614. The minimum atomic E-state index is -0.932. The van der Waals surface area contributed by atoms with Crippen molar-refractivity contribution >= 4 is 12.0 Å². The van der Waals surface area contributed by atoms with Gasteiger partial charge in [0, 0.05) is 31.2 Å². The molecule has 0 saturated carbocycles. The molecule has 0 spiro atoms. The van der Waals surface area contributed by atoms with Crippen molar-refractivity contribution in [2.75, 3.05) is 14.2 Å².